The van der Waals surface area contributed by atoms with Gasteiger partial charge in [-0.3, -0.25) is 23.3 Å². The first kappa shape index (κ1) is 31.3. The van der Waals surface area contributed by atoms with Crippen LogP contribution in [-0.4, -0.2) is 46.7 Å². The monoisotopic (exact) mass is 695 g/mol. The van der Waals surface area contributed by atoms with Crippen molar-refractivity contribution in [3.63, 3.8) is 0 Å². The molecule has 1 amide bonds. The van der Waals surface area contributed by atoms with E-state index in [1.165, 1.54) is 18.3 Å². The van der Waals surface area contributed by atoms with Gasteiger partial charge in [0, 0.05) is 28.8 Å². The highest BCUT2D eigenvalue weighted by molar-refractivity contribution is 6.31. The molecule has 1 aliphatic carbocycles. The number of fused-ring (bicyclic) bond motifs is 5. The van der Waals surface area contributed by atoms with Crippen molar-refractivity contribution in [2.75, 3.05) is 18.7 Å². The third kappa shape index (κ3) is 3.99. The fourth-order valence-corrected chi connectivity index (χ4v) is 9.50. The van der Waals surface area contributed by atoms with Gasteiger partial charge in [0.1, 0.15) is 23.4 Å². The molecule has 1 saturated carbocycles. The number of nitrogens with zero attached hydrogens (tertiary/aromatic N) is 2. The van der Waals surface area contributed by atoms with E-state index in [-0.39, 0.29) is 34.7 Å². The molecule has 8 rings (SSSR count). The molecule has 1 aromatic heterocycles. The van der Waals surface area contributed by atoms with Crippen LogP contribution < -0.4 is 5.32 Å². The second-order valence-electron chi connectivity index (χ2n) is 13.2. The summed E-state index contributed by atoms with van der Waals surface area (Å²) in [6.07, 6.45) is -0.165. The number of alkyl halides is 2. The van der Waals surface area contributed by atoms with E-state index in [0.717, 1.165) is 6.07 Å². The van der Waals surface area contributed by atoms with Crippen LogP contribution in [0.4, 0.5) is 23.2 Å². The van der Waals surface area contributed by atoms with Gasteiger partial charge in [0.25, 0.3) is 0 Å². The third-order valence-corrected chi connectivity index (χ3v) is 11.4. The Bertz CT molecular complexity index is 1960. The van der Waals surface area contributed by atoms with Crippen molar-refractivity contribution in [1.82, 2.24) is 9.88 Å². The molecule has 3 aromatic carbocycles. The molecule has 246 valence electrons. The molecule has 1 N–H and O–H groups in total. The highest BCUT2D eigenvalue weighted by atomic mass is 35.5. The van der Waals surface area contributed by atoms with Crippen molar-refractivity contribution in [2.45, 2.75) is 47.9 Å². The molecule has 0 bridgehead atoms. The zero-order valence-electron chi connectivity index (χ0n) is 25.1. The first-order valence-electron chi connectivity index (χ1n) is 15.4. The Balaban J connectivity index is 1.50. The van der Waals surface area contributed by atoms with Crippen LogP contribution in [0.25, 0.3) is 0 Å². The van der Waals surface area contributed by atoms with E-state index in [4.69, 9.17) is 27.9 Å². The maximum atomic E-state index is 16.3. The fourth-order valence-electron chi connectivity index (χ4n) is 9.17. The van der Waals surface area contributed by atoms with Gasteiger partial charge in [0.15, 0.2) is 11.0 Å². The molecular formula is C36H27Cl2F4N3O3. The predicted octanol–water partition coefficient (Wildman–Crippen LogP) is 7.82. The molecule has 5 atom stereocenters. The first-order chi connectivity index (χ1) is 23.1. The number of aromatic nitrogens is 1. The molecule has 2 spiro atoms. The second-order valence-corrected chi connectivity index (χ2v) is 14.0. The Kier molecular flexibility index (Phi) is 7.18. The van der Waals surface area contributed by atoms with Crippen LogP contribution in [0.5, 0.6) is 0 Å². The number of esters is 1. The van der Waals surface area contributed by atoms with Gasteiger partial charge in [-0.05, 0) is 53.3 Å². The largest absolute Gasteiger partial charge is 0.454 e. The lowest BCUT2D eigenvalue weighted by Gasteiger charge is -2.64. The second kappa shape index (κ2) is 11.0. The quantitative estimate of drug-likeness (QED) is 0.131. The highest BCUT2D eigenvalue weighted by Gasteiger charge is 2.83. The summed E-state index contributed by atoms with van der Waals surface area (Å²) in [6.45, 7) is -2.10. The van der Waals surface area contributed by atoms with Crippen LogP contribution in [-0.2, 0) is 19.7 Å². The number of rotatable bonds is 5. The van der Waals surface area contributed by atoms with Gasteiger partial charge in [0.05, 0.1) is 24.4 Å². The standard InChI is InChI=1S/C36H27Cl2F4N3O3/c37-23-14-25-22(13-24(23)41)36(33(47)44-25)26(21-11-12-43-31(38)27(21)42)29-32(46)48-30(20-9-5-2-6-10-20)28(19-7-3-1-4-8-19)45(29)35(36)15-34(16-35,17-39)18-40/h1-14,26,28-30H,15-18H2,(H,44,47)/t26-,28+,29+,30-,36-/m0/s1. The number of hydrogen-bond donors (Lipinski definition) is 1. The average Bonchev–Trinajstić information content (AvgIpc) is 3.51. The molecule has 4 aliphatic rings. The molecule has 2 saturated heterocycles. The Morgan fingerprint density at radius 3 is 2.19 bits per heavy atom. The van der Waals surface area contributed by atoms with Gasteiger partial charge in [0.2, 0.25) is 5.91 Å². The summed E-state index contributed by atoms with van der Waals surface area (Å²) in [6, 6.07) is 19.6. The number of morpholine rings is 1. The summed E-state index contributed by atoms with van der Waals surface area (Å²) in [5, 5.41) is 2.04. The van der Waals surface area contributed by atoms with Crippen molar-refractivity contribution in [2.24, 2.45) is 5.41 Å². The molecule has 0 radical (unpaired) electrons. The maximum absolute atomic E-state index is 16.3. The molecule has 3 aliphatic heterocycles. The summed E-state index contributed by atoms with van der Waals surface area (Å²) in [4.78, 5) is 35.2. The van der Waals surface area contributed by atoms with Crippen molar-refractivity contribution in [3.05, 3.63) is 129 Å². The Hall–Kier alpha value is -3.99. The Morgan fingerprint density at radius 1 is 0.896 bits per heavy atom. The van der Waals surface area contributed by atoms with E-state index < -0.39 is 82.5 Å². The van der Waals surface area contributed by atoms with Gasteiger partial charge in [-0.15, -0.1) is 0 Å². The number of hydrogen-bond acceptors (Lipinski definition) is 5. The van der Waals surface area contributed by atoms with Crippen LogP contribution >= 0.6 is 23.2 Å². The summed E-state index contributed by atoms with van der Waals surface area (Å²) >= 11 is 12.4. The van der Waals surface area contributed by atoms with Crippen molar-refractivity contribution in [3.8, 4) is 0 Å². The molecule has 3 fully saturated rings. The number of carbonyl (C=O) groups is 2. The van der Waals surface area contributed by atoms with Gasteiger partial charge in [-0.2, -0.15) is 0 Å². The van der Waals surface area contributed by atoms with Crippen molar-refractivity contribution >= 4 is 40.8 Å². The van der Waals surface area contributed by atoms with Gasteiger partial charge >= 0.3 is 5.97 Å². The molecule has 4 heterocycles. The highest BCUT2D eigenvalue weighted by Crippen LogP contribution is 2.75. The Morgan fingerprint density at radius 2 is 1.54 bits per heavy atom. The van der Waals surface area contributed by atoms with E-state index in [1.54, 1.807) is 24.3 Å². The topological polar surface area (TPSA) is 71.5 Å². The molecular weight excluding hydrogens is 669 g/mol. The van der Waals surface area contributed by atoms with Crippen molar-refractivity contribution in [1.29, 1.82) is 0 Å². The van der Waals surface area contributed by atoms with Gasteiger partial charge < -0.3 is 10.1 Å². The Labute approximate surface area is 283 Å². The van der Waals surface area contributed by atoms with E-state index in [9.17, 15) is 18.4 Å². The molecule has 48 heavy (non-hydrogen) atoms. The number of cyclic esters (lactones) is 1. The number of carbonyl (C=O) groups excluding carboxylic acids is 2. The molecule has 6 nitrogen and oxygen atoms in total. The lowest BCUT2D eigenvalue weighted by atomic mass is 9.45. The molecule has 4 aromatic rings. The minimum absolute atomic E-state index is 0.100. The van der Waals surface area contributed by atoms with Crippen molar-refractivity contribution < 1.29 is 31.9 Å². The van der Waals surface area contributed by atoms with Gasteiger partial charge in [-0.1, -0.05) is 83.9 Å². The van der Waals surface area contributed by atoms with E-state index in [2.05, 4.69) is 10.3 Å². The minimum atomic E-state index is -1.96. The van der Waals surface area contributed by atoms with Crippen LogP contribution in [0.15, 0.2) is 85.1 Å². The van der Waals surface area contributed by atoms with E-state index >= 15 is 8.78 Å². The third-order valence-electron chi connectivity index (χ3n) is 10.9. The zero-order chi connectivity index (χ0) is 33.6. The lowest BCUT2D eigenvalue weighted by molar-refractivity contribution is -0.200. The number of nitrogens with one attached hydrogen (secondary N) is 1. The smallest absolute Gasteiger partial charge is 0.324 e. The fraction of sp³-hybridized carbons (Fsp3) is 0.306. The lowest BCUT2D eigenvalue weighted by Crippen LogP contribution is -2.72. The van der Waals surface area contributed by atoms with Crippen LogP contribution in [0, 0.1) is 17.0 Å². The number of halogens is 6. The van der Waals surface area contributed by atoms with Crippen LogP contribution in [0.1, 0.15) is 53.2 Å². The normalized spacial score (nSPS) is 28.1. The maximum Gasteiger partial charge on any atom is 0.324 e. The molecule has 12 heteroatoms. The van der Waals surface area contributed by atoms with E-state index in [0.29, 0.717) is 11.1 Å². The summed E-state index contributed by atoms with van der Waals surface area (Å²) in [5.74, 6) is -4.70. The minimum Gasteiger partial charge on any atom is -0.454 e. The summed E-state index contributed by atoms with van der Waals surface area (Å²) < 4.78 is 68.0. The van der Waals surface area contributed by atoms with E-state index in [1.807, 2.05) is 41.3 Å². The number of ether oxygens (including phenoxy) is 1. The predicted molar refractivity (Wildman–Crippen MR) is 170 cm³/mol. The molecule has 0 unspecified atom stereocenters. The summed E-state index contributed by atoms with van der Waals surface area (Å²) in [5.41, 5.74) is -3.59. The average molecular weight is 697 g/mol. The number of pyridine rings is 1. The van der Waals surface area contributed by atoms with Crippen LogP contribution in [0.3, 0.4) is 0 Å². The summed E-state index contributed by atoms with van der Waals surface area (Å²) in [7, 11) is 0. The number of benzene rings is 3. The number of anilines is 1. The zero-order valence-corrected chi connectivity index (χ0v) is 26.6. The SMILES string of the molecule is O=C1O[C@@H](c2ccccc2)[C@@H](c2ccccc2)N2[C@@H]1[C@H](c1ccnc(Cl)c1F)[C@@]1(C(=O)Nc3cc(Cl)c(F)cc31)C21CC(CF)(CF)C1. The van der Waals surface area contributed by atoms with Crippen LogP contribution in [0.2, 0.25) is 10.2 Å². The van der Waals surface area contributed by atoms with Gasteiger partial charge in [-0.25, -0.2) is 13.8 Å². The number of amides is 1. The first-order valence-corrected chi connectivity index (χ1v) is 16.2.